The van der Waals surface area contributed by atoms with Crippen LogP contribution in [0.4, 0.5) is 0 Å². The molecule has 1 fully saturated rings. The summed E-state index contributed by atoms with van der Waals surface area (Å²) in [6.45, 7) is 5.53. The summed E-state index contributed by atoms with van der Waals surface area (Å²) in [6.07, 6.45) is 32.8. The lowest BCUT2D eigenvalue weighted by Crippen LogP contribution is -2.20. The maximum absolute atomic E-state index is 12.4. The second-order valence-corrected chi connectivity index (χ2v) is 12.6. The highest BCUT2D eigenvalue weighted by molar-refractivity contribution is 5.69. The third kappa shape index (κ3) is 22.0. The van der Waals surface area contributed by atoms with Gasteiger partial charge in [0.1, 0.15) is 6.10 Å². The molecule has 0 unspecified atom stereocenters. The van der Waals surface area contributed by atoms with Crippen molar-refractivity contribution in [2.45, 2.75) is 180 Å². The molecule has 0 aliphatic heterocycles. The smallest absolute Gasteiger partial charge is 0.306 e. The van der Waals surface area contributed by atoms with Crippen molar-refractivity contribution < 1.29 is 9.53 Å². The van der Waals surface area contributed by atoms with Gasteiger partial charge in [-0.3, -0.25) is 4.79 Å². The lowest BCUT2D eigenvalue weighted by molar-refractivity contribution is -0.150. The highest BCUT2D eigenvalue weighted by Gasteiger charge is 2.35. The lowest BCUT2D eigenvalue weighted by Gasteiger charge is -2.18. The van der Waals surface area contributed by atoms with Crippen LogP contribution in [0.3, 0.4) is 0 Å². The monoisotopic (exact) mass is 522 g/mol. The molecule has 1 rings (SSSR count). The van der Waals surface area contributed by atoms with Crippen LogP contribution in [0.2, 0.25) is 0 Å². The minimum Gasteiger partial charge on any atom is -0.462 e. The molecule has 0 N–H and O–H groups in total. The van der Waals surface area contributed by atoms with E-state index in [-0.39, 0.29) is 12.1 Å². The van der Waals surface area contributed by atoms with Crippen LogP contribution in [-0.4, -0.2) is 37.6 Å². The van der Waals surface area contributed by atoms with Gasteiger partial charge in [0.25, 0.3) is 0 Å². The fourth-order valence-electron chi connectivity index (χ4n) is 5.89. The van der Waals surface area contributed by atoms with Gasteiger partial charge >= 0.3 is 5.97 Å². The molecule has 37 heavy (non-hydrogen) atoms. The van der Waals surface area contributed by atoms with E-state index in [1.54, 1.807) is 0 Å². The largest absolute Gasteiger partial charge is 0.462 e. The molecule has 1 saturated carbocycles. The van der Waals surface area contributed by atoms with Gasteiger partial charge in [0, 0.05) is 6.42 Å². The normalized spacial score (nSPS) is 17.9. The molecule has 0 heterocycles. The molecule has 0 aromatic heterocycles. The van der Waals surface area contributed by atoms with Gasteiger partial charge in [0.15, 0.2) is 0 Å². The Hall–Kier alpha value is -0.570. The zero-order chi connectivity index (χ0) is 27.0. The number of hydrogen-bond donors (Lipinski definition) is 0. The van der Waals surface area contributed by atoms with E-state index in [9.17, 15) is 4.79 Å². The Labute approximate surface area is 233 Å². The predicted molar refractivity (Wildman–Crippen MR) is 162 cm³/mol. The molecule has 220 valence electrons. The molecule has 0 aromatic carbocycles. The maximum atomic E-state index is 12.4. The number of ether oxygens (including phenoxy) is 1. The van der Waals surface area contributed by atoms with Crippen molar-refractivity contribution >= 4 is 5.97 Å². The number of esters is 1. The molecule has 0 amide bonds. The topological polar surface area (TPSA) is 29.5 Å². The van der Waals surface area contributed by atoms with Gasteiger partial charge in [-0.1, -0.05) is 129 Å². The molecule has 3 heteroatoms. The van der Waals surface area contributed by atoms with E-state index in [4.69, 9.17) is 4.74 Å². The van der Waals surface area contributed by atoms with E-state index in [1.807, 2.05) is 0 Å². The number of hydrogen-bond acceptors (Lipinski definition) is 3. The van der Waals surface area contributed by atoms with Crippen molar-refractivity contribution in [3.63, 3.8) is 0 Å². The highest BCUT2D eigenvalue weighted by atomic mass is 16.5. The second kappa shape index (κ2) is 24.5. The zero-order valence-electron chi connectivity index (χ0n) is 25.9. The Kier molecular flexibility index (Phi) is 22.8. The molecule has 0 spiro atoms. The number of carbonyl (C=O) groups is 1. The Bertz CT molecular complexity index is 506. The first kappa shape index (κ1) is 34.5. The fourth-order valence-corrected chi connectivity index (χ4v) is 5.89. The van der Waals surface area contributed by atoms with Gasteiger partial charge < -0.3 is 9.64 Å². The zero-order valence-corrected chi connectivity index (χ0v) is 25.9. The maximum Gasteiger partial charge on any atom is 0.306 e. The number of carbonyl (C=O) groups excluding carboxylic acids is 1. The summed E-state index contributed by atoms with van der Waals surface area (Å²) in [4.78, 5) is 14.5. The van der Waals surface area contributed by atoms with E-state index in [2.05, 4.69) is 32.8 Å². The van der Waals surface area contributed by atoms with Gasteiger partial charge in [-0.2, -0.15) is 0 Å². The standard InChI is InChI=1S/C34H67NO2/c1-5-7-9-11-13-17-21-26-33(37-34(36)28-23-29-35(3)4)27-22-18-14-16-20-25-32-30-31(32)24-19-15-12-10-8-6-2/h31-33H,5-30H2,1-4H3/t31-,32+,33+/m0/s1. The van der Waals surface area contributed by atoms with Crippen molar-refractivity contribution in [1.29, 1.82) is 0 Å². The Morgan fingerprint density at radius 3 is 1.54 bits per heavy atom. The van der Waals surface area contributed by atoms with Gasteiger partial charge in [-0.15, -0.1) is 0 Å². The van der Waals surface area contributed by atoms with Gasteiger partial charge in [0.05, 0.1) is 0 Å². The Balaban J connectivity index is 2.09. The van der Waals surface area contributed by atoms with Crippen LogP contribution in [0.1, 0.15) is 174 Å². The minimum atomic E-state index is 0.0229. The van der Waals surface area contributed by atoms with Crippen molar-refractivity contribution in [3.05, 3.63) is 0 Å². The molecule has 3 nitrogen and oxygen atoms in total. The molecule has 3 atom stereocenters. The van der Waals surface area contributed by atoms with E-state index in [1.165, 1.54) is 135 Å². The van der Waals surface area contributed by atoms with Crippen LogP contribution in [0.15, 0.2) is 0 Å². The Morgan fingerprint density at radius 1 is 0.649 bits per heavy atom. The average molecular weight is 522 g/mol. The summed E-state index contributed by atoms with van der Waals surface area (Å²) in [5.74, 6) is 2.16. The number of unbranched alkanes of at least 4 members (excludes halogenated alkanes) is 15. The predicted octanol–water partition coefficient (Wildman–Crippen LogP) is 10.5. The molecule has 1 aliphatic rings. The third-order valence-electron chi connectivity index (χ3n) is 8.51. The molecule has 0 aromatic rings. The summed E-state index contributed by atoms with van der Waals surface area (Å²) in [7, 11) is 4.13. The summed E-state index contributed by atoms with van der Waals surface area (Å²) in [6, 6.07) is 0. The van der Waals surface area contributed by atoms with E-state index in [0.717, 1.165) is 37.6 Å². The molecule has 0 bridgehead atoms. The number of nitrogens with zero attached hydrogens (tertiary/aromatic N) is 1. The van der Waals surface area contributed by atoms with Gasteiger partial charge in [-0.05, 0) is 71.0 Å². The second-order valence-electron chi connectivity index (χ2n) is 12.6. The third-order valence-corrected chi connectivity index (χ3v) is 8.51. The first-order valence-corrected chi connectivity index (χ1v) is 16.9. The first-order valence-electron chi connectivity index (χ1n) is 16.9. The summed E-state index contributed by atoms with van der Waals surface area (Å²) < 4.78 is 5.96. The van der Waals surface area contributed by atoms with Gasteiger partial charge in [-0.25, -0.2) is 0 Å². The first-order chi connectivity index (χ1) is 18.1. The van der Waals surface area contributed by atoms with Crippen molar-refractivity contribution in [2.75, 3.05) is 20.6 Å². The molecule has 0 saturated heterocycles. The van der Waals surface area contributed by atoms with Crippen LogP contribution < -0.4 is 0 Å². The summed E-state index contributed by atoms with van der Waals surface area (Å²) >= 11 is 0. The van der Waals surface area contributed by atoms with Crippen molar-refractivity contribution in [1.82, 2.24) is 4.90 Å². The van der Waals surface area contributed by atoms with Crippen LogP contribution in [0.25, 0.3) is 0 Å². The van der Waals surface area contributed by atoms with E-state index < -0.39 is 0 Å². The Morgan fingerprint density at radius 2 is 1.08 bits per heavy atom. The molecule has 0 radical (unpaired) electrons. The van der Waals surface area contributed by atoms with Crippen molar-refractivity contribution in [3.8, 4) is 0 Å². The van der Waals surface area contributed by atoms with Crippen molar-refractivity contribution in [2.24, 2.45) is 11.8 Å². The average Bonchev–Trinajstić information content (AvgIpc) is 3.62. The summed E-state index contributed by atoms with van der Waals surface area (Å²) in [5, 5.41) is 0. The molecular formula is C34H67NO2. The van der Waals surface area contributed by atoms with E-state index >= 15 is 0 Å². The van der Waals surface area contributed by atoms with Crippen LogP contribution in [0, 0.1) is 11.8 Å². The molecule has 1 aliphatic carbocycles. The number of rotatable bonds is 28. The van der Waals surface area contributed by atoms with Crippen LogP contribution in [-0.2, 0) is 9.53 Å². The summed E-state index contributed by atoms with van der Waals surface area (Å²) in [5.41, 5.74) is 0. The highest BCUT2D eigenvalue weighted by Crippen LogP contribution is 2.45. The van der Waals surface area contributed by atoms with Crippen LogP contribution in [0.5, 0.6) is 0 Å². The fraction of sp³-hybridized carbons (Fsp3) is 0.971. The van der Waals surface area contributed by atoms with Gasteiger partial charge in [0.2, 0.25) is 0 Å². The lowest BCUT2D eigenvalue weighted by atomic mass is 10.0. The quantitative estimate of drug-likeness (QED) is 0.0757. The minimum absolute atomic E-state index is 0.0229. The van der Waals surface area contributed by atoms with E-state index in [0.29, 0.717) is 6.42 Å². The van der Waals surface area contributed by atoms with Crippen LogP contribution >= 0.6 is 0 Å². The SMILES string of the molecule is CCCCCCCCC[C@H](CCCCCCC[C@@H]1C[C@@H]1CCCCCCCC)OC(=O)CCCN(C)C. The molecular weight excluding hydrogens is 454 g/mol.